The number of imidazole rings is 1. The van der Waals surface area contributed by atoms with Crippen LogP contribution >= 0.6 is 11.6 Å². The third-order valence-corrected chi connectivity index (χ3v) is 6.46. The summed E-state index contributed by atoms with van der Waals surface area (Å²) in [5.41, 5.74) is 1.69. The summed E-state index contributed by atoms with van der Waals surface area (Å²) in [5, 5.41) is 33.0. The molecule has 190 valence electrons. The van der Waals surface area contributed by atoms with Crippen LogP contribution in [0.25, 0.3) is 22.4 Å². The van der Waals surface area contributed by atoms with Crippen LogP contribution in [-0.2, 0) is 0 Å². The van der Waals surface area contributed by atoms with Gasteiger partial charge in [-0.1, -0.05) is 23.7 Å². The Morgan fingerprint density at radius 1 is 1.03 bits per heavy atom. The van der Waals surface area contributed by atoms with Crippen LogP contribution < -0.4 is 10.9 Å². The molecular formula is C25H22ClN5O6. The van der Waals surface area contributed by atoms with E-state index in [1.165, 1.54) is 18.3 Å². The summed E-state index contributed by atoms with van der Waals surface area (Å²) in [5.74, 6) is -1.09. The molecule has 0 aliphatic carbocycles. The minimum Gasteiger partial charge on any atom is -0.394 e. The van der Waals surface area contributed by atoms with E-state index in [0.717, 1.165) is 4.90 Å². The van der Waals surface area contributed by atoms with Crippen molar-refractivity contribution in [3.05, 3.63) is 80.7 Å². The van der Waals surface area contributed by atoms with Gasteiger partial charge in [0.1, 0.15) is 11.4 Å². The average molecular weight is 524 g/mol. The van der Waals surface area contributed by atoms with Gasteiger partial charge in [0.25, 0.3) is 17.4 Å². The number of aliphatic hydroxyl groups is 3. The largest absolute Gasteiger partial charge is 0.394 e. The lowest BCUT2D eigenvalue weighted by molar-refractivity contribution is 0.0418. The molecule has 3 heterocycles. The molecule has 0 saturated carbocycles. The number of aromatic amines is 2. The van der Waals surface area contributed by atoms with Gasteiger partial charge in [-0.2, -0.15) is 0 Å². The summed E-state index contributed by atoms with van der Waals surface area (Å²) >= 11 is 6.01. The van der Waals surface area contributed by atoms with Crippen molar-refractivity contribution in [2.45, 2.75) is 12.1 Å². The molecule has 12 heteroatoms. The Bertz CT molecular complexity index is 1520. The Morgan fingerprint density at radius 3 is 2.46 bits per heavy atom. The highest BCUT2D eigenvalue weighted by Gasteiger charge is 2.40. The lowest BCUT2D eigenvalue weighted by atomic mass is 10.1. The minimum absolute atomic E-state index is 0.0844. The number of anilines is 1. The van der Waals surface area contributed by atoms with E-state index < -0.39 is 42.7 Å². The van der Waals surface area contributed by atoms with Gasteiger partial charge in [0.15, 0.2) is 0 Å². The molecule has 0 spiro atoms. The summed E-state index contributed by atoms with van der Waals surface area (Å²) in [6, 6.07) is 10.3. The van der Waals surface area contributed by atoms with Crippen molar-refractivity contribution in [1.29, 1.82) is 0 Å². The average Bonchev–Trinajstić information content (AvgIpc) is 3.40. The van der Waals surface area contributed by atoms with Gasteiger partial charge in [0, 0.05) is 17.8 Å². The Labute approximate surface area is 214 Å². The maximum absolute atomic E-state index is 12.8. The fourth-order valence-electron chi connectivity index (χ4n) is 4.33. The van der Waals surface area contributed by atoms with Gasteiger partial charge < -0.3 is 30.6 Å². The number of rotatable bonds is 8. The second kappa shape index (κ2) is 9.79. The van der Waals surface area contributed by atoms with Crippen LogP contribution in [0.3, 0.4) is 0 Å². The van der Waals surface area contributed by atoms with Crippen molar-refractivity contribution < 1.29 is 24.9 Å². The van der Waals surface area contributed by atoms with Crippen LogP contribution in [0.5, 0.6) is 0 Å². The Balaban J connectivity index is 1.47. The number of carbonyl (C=O) groups excluding carboxylic acids is 2. The van der Waals surface area contributed by atoms with Gasteiger partial charge in [0.05, 0.1) is 53.2 Å². The first kappa shape index (κ1) is 24.7. The number of benzene rings is 2. The van der Waals surface area contributed by atoms with Gasteiger partial charge >= 0.3 is 0 Å². The predicted molar refractivity (Wildman–Crippen MR) is 136 cm³/mol. The Kier molecular flexibility index (Phi) is 6.52. The molecule has 0 bridgehead atoms. The number of hydrogen-bond acceptors (Lipinski definition) is 8. The Morgan fingerprint density at radius 2 is 1.76 bits per heavy atom. The first-order valence-electron chi connectivity index (χ1n) is 11.3. The van der Waals surface area contributed by atoms with Crippen molar-refractivity contribution in [2.75, 3.05) is 25.1 Å². The molecule has 1 atom stereocenters. The number of nitrogens with zero attached hydrogens (tertiary/aromatic N) is 2. The summed E-state index contributed by atoms with van der Waals surface area (Å²) in [6.45, 7) is -1.05. The molecule has 0 unspecified atom stereocenters. The summed E-state index contributed by atoms with van der Waals surface area (Å²) in [7, 11) is 0. The van der Waals surface area contributed by atoms with Crippen LogP contribution in [0, 0.1) is 0 Å². The van der Waals surface area contributed by atoms with Crippen LogP contribution in [-0.4, -0.2) is 72.8 Å². The van der Waals surface area contributed by atoms with E-state index in [0.29, 0.717) is 27.3 Å². The van der Waals surface area contributed by atoms with Crippen molar-refractivity contribution in [3.63, 3.8) is 0 Å². The van der Waals surface area contributed by atoms with E-state index in [1.807, 2.05) is 0 Å². The fourth-order valence-corrected chi connectivity index (χ4v) is 4.53. The summed E-state index contributed by atoms with van der Waals surface area (Å²) in [4.78, 5) is 49.4. The van der Waals surface area contributed by atoms with E-state index in [2.05, 4.69) is 20.3 Å². The number of aromatic nitrogens is 3. The number of carbonyl (C=O) groups is 2. The van der Waals surface area contributed by atoms with E-state index in [-0.39, 0.29) is 29.1 Å². The molecule has 4 aromatic rings. The van der Waals surface area contributed by atoms with Crippen molar-refractivity contribution in [1.82, 2.24) is 19.9 Å². The predicted octanol–water partition coefficient (Wildman–Crippen LogP) is 1.67. The van der Waals surface area contributed by atoms with Crippen LogP contribution in [0.1, 0.15) is 32.4 Å². The van der Waals surface area contributed by atoms with Gasteiger partial charge in [-0.25, -0.2) is 4.98 Å². The van der Waals surface area contributed by atoms with Crippen molar-refractivity contribution in [3.8, 4) is 11.4 Å². The zero-order valence-corrected chi connectivity index (χ0v) is 20.0. The number of pyridine rings is 1. The van der Waals surface area contributed by atoms with Crippen LogP contribution in [0.15, 0.2) is 53.5 Å². The highest BCUT2D eigenvalue weighted by Crippen LogP contribution is 2.31. The molecule has 5 rings (SSSR count). The van der Waals surface area contributed by atoms with E-state index in [9.17, 15) is 29.7 Å². The number of aliphatic hydroxyl groups excluding tert-OH is 3. The number of fused-ring (bicyclic) bond motifs is 2. The molecule has 1 aliphatic heterocycles. The fraction of sp³-hybridized carbons (Fsp3) is 0.200. The third kappa shape index (κ3) is 4.38. The molecule has 0 radical (unpaired) electrons. The summed E-state index contributed by atoms with van der Waals surface area (Å²) in [6.07, 6.45) is 0.563. The maximum Gasteiger partial charge on any atom is 0.262 e. The minimum atomic E-state index is -1.05. The first-order valence-corrected chi connectivity index (χ1v) is 11.7. The molecule has 2 amide bonds. The number of halogens is 1. The second-order valence-electron chi connectivity index (χ2n) is 8.55. The molecule has 1 aliphatic rings. The summed E-state index contributed by atoms with van der Waals surface area (Å²) < 4.78 is 0. The van der Waals surface area contributed by atoms with Crippen molar-refractivity contribution >= 4 is 40.1 Å². The SMILES string of the molecule is O=C1c2cc3nc(-c4c(NC[C@@H](O)c5cccc(Cl)c5)cc[nH]c4=O)[nH]c3cc2C(=O)N1C(CO)CO. The molecule has 0 fully saturated rings. The lowest BCUT2D eigenvalue weighted by Crippen LogP contribution is -2.44. The van der Waals surface area contributed by atoms with E-state index in [1.54, 1.807) is 30.3 Å². The second-order valence-corrected chi connectivity index (χ2v) is 8.98. The number of hydrogen-bond donors (Lipinski definition) is 6. The smallest absolute Gasteiger partial charge is 0.262 e. The number of nitrogens with one attached hydrogen (secondary N) is 3. The van der Waals surface area contributed by atoms with E-state index in [4.69, 9.17) is 11.6 Å². The normalized spacial score (nSPS) is 14.0. The Hall–Kier alpha value is -4.03. The van der Waals surface area contributed by atoms with Gasteiger partial charge in [-0.15, -0.1) is 0 Å². The number of H-pyrrole nitrogens is 2. The van der Waals surface area contributed by atoms with Gasteiger partial charge in [-0.05, 0) is 35.9 Å². The molecule has 2 aromatic heterocycles. The monoisotopic (exact) mass is 523 g/mol. The lowest BCUT2D eigenvalue weighted by Gasteiger charge is -2.21. The third-order valence-electron chi connectivity index (χ3n) is 6.22. The zero-order chi connectivity index (χ0) is 26.3. The first-order chi connectivity index (χ1) is 17.8. The molecule has 0 saturated heterocycles. The highest BCUT2D eigenvalue weighted by atomic mass is 35.5. The topological polar surface area (TPSA) is 172 Å². The molecular weight excluding hydrogens is 502 g/mol. The van der Waals surface area contributed by atoms with Crippen LogP contribution in [0.4, 0.5) is 5.69 Å². The maximum atomic E-state index is 12.8. The highest BCUT2D eigenvalue weighted by molar-refractivity contribution is 6.30. The molecule has 37 heavy (non-hydrogen) atoms. The zero-order valence-electron chi connectivity index (χ0n) is 19.2. The quantitative estimate of drug-likeness (QED) is 0.189. The van der Waals surface area contributed by atoms with Gasteiger partial charge in [-0.3, -0.25) is 19.3 Å². The molecule has 6 N–H and O–H groups in total. The van der Waals surface area contributed by atoms with Crippen LogP contribution in [0.2, 0.25) is 5.02 Å². The van der Waals surface area contributed by atoms with Gasteiger partial charge in [0.2, 0.25) is 0 Å². The van der Waals surface area contributed by atoms with Crippen molar-refractivity contribution in [2.24, 2.45) is 0 Å². The standard InChI is InChI=1S/C25H22ClN5O6/c26-13-3-1-2-12(6-13)20(34)9-28-17-4-5-27-23(35)21(17)22-29-18-7-15-16(8-19(18)30-22)25(37)31(24(15)36)14(10-32)11-33/h1-8,14,20,32-34H,9-11H2,(H,29,30)(H2,27,28,35)/t20-/m1/s1. The number of imide groups is 1. The molecule has 2 aromatic carbocycles. The molecule has 11 nitrogen and oxygen atoms in total. The van der Waals surface area contributed by atoms with E-state index >= 15 is 0 Å². The number of amides is 2.